The number of cyclic esters (lactones) is 1. The standard InChI is InChI=1S/C44H51NO18/c1-9-27-17-18-30(51)61-36-34(58-24(4)48)38(62-39(52)28-14-11-10-12-15-28)43(21-55-22(2)46)37(60-26(6)50)33(57-23(3)47)31-35(59-25(5)49)44(43,42(36,8)54)63-41(31,7)20-56-40(53)29-16-13-19-45-32(27)29/h10-16,19,27,31,33-38,54H,9,17-18,20-21H2,1-8H3/t27?,31-,33-,34+,35?,36+,37-,38+,41+,42+,43-,44+/m1/s1. The van der Waals surface area contributed by atoms with Gasteiger partial charge in [0.1, 0.15) is 42.0 Å². The topological polar surface area (TPSA) is 253 Å². The molecule has 3 fully saturated rings. The summed E-state index contributed by atoms with van der Waals surface area (Å²) in [7, 11) is 0. The van der Waals surface area contributed by atoms with Gasteiger partial charge in [0.15, 0.2) is 30.0 Å². The first-order chi connectivity index (χ1) is 29.6. The van der Waals surface area contributed by atoms with Crippen molar-refractivity contribution < 1.29 is 86.1 Å². The highest BCUT2D eigenvalue weighted by molar-refractivity contribution is 5.91. The average Bonchev–Trinajstić information content (AvgIpc) is 3.43. The molecule has 2 aliphatic heterocycles. The zero-order chi connectivity index (χ0) is 46.2. The van der Waals surface area contributed by atoms with E-state index in [2.05, 4.69) is 4.98 Å². The lowest BCUT2D eigenvalue weighted by molar-refractivity contribution is -0.385. The molecule has 0 radical (unpaired) electrons. The van der Waals surface area contributed by atoms with Crippen LogP contribution < -0.4 is 0 Å². The zero-order valence-corrected chi connectivity index (χ0v) is 36.1. The van der Waals surface area contributed by atoms with Crippen molar-refractivity contribution in [3.05, 3.63) is 65.5 Å². The lowest BCUT2D eigenvalue weighted by Crippen LogP contribution is -2.89. The number of carbonyl (C=O) groups is 8. The van der Waals surface area contributed by atoms with E-state index in [1.807, 2.05) is 6.92 Å². The molecule has 1 aromatic heterocycles. The van der Waals surface area contributed by atoms with Crippen LogP contribution in [-0.2, 0) is 71.4 Å². The van der Waals surface area contributed by atoms with Gasteiger partial charge in [0.05, 0.1) is 22.7 Å². The molecule has 0 amide bonds. The molecule has 2 saturated carbocycles. The minimum atomic E-state index is -2.84. The number of hydrogen-bond donors (Lipinski definition) is 1. The molecule has 19 nitrogen and oxygen atoms in total. The van der Waals surface area contributed by atoms with E-state index < -0.39 is 132 Å². The van der Waals surface area contributed by atoms with Crippen LogP contribution in [0.2, 0.25) is 0 Å². The third-order valence-corrected chi connectivity index (χ3v) is 12.4. The molecule has 2 unspecified atom stereocenters. The maximum Gasteiger partial charge on any atom is 0.340 e. The van der Waals surface area contributed by atoms with E-state index in [0.717, 1.165) is 41.5 Å². The fourth-order valence-corrected chi connectivity index (χ4v) is 10.1. The molecule has 2 aromatic rings. The van der Waals surface area contributed by atoms with Crippen molar-refractivity contribution in [2.75, 3.05) is 13.2 Å². The second kappa shape index (κ2) is 17.7. The summed E-state index contributed by atoms with van der Waals surface area (Å²) in [5, 5.41) is 13.6. The number of hydrogen-bond acceptors (Lipinski definition) is 19. The van der Waals surface area contributed by atoms with Crippen LogP contribution in [0.5, 0.6) is 0 Å². The number of benzene rings is 1. The molecule has 4 aliphatic rings. The molecule has 3 heterocycles. The van der Waals surface area contributed by atoms with Crippen molar-refractivity contribution >= 4 is 47.8 Å². The van der Waals surface area contributed by atoms with Crippen LogP contribution in [-0.4, -0.2) is 124 Å². The van der Waals surface area contributed by atoms with Crippen LogP contribution in [0.15, 0.2) is 48.7 Å². The van der Waals surface area contributed by atoms with E-state index in [0.29, 0.717) is 12.1 Å². The molecule has 340 valence electrons. The van der Waals surface area contributed by atoms with Crippen LogP contribution in [0.4, 0.5) is 0 Å². The van der Waals surface area contributed by atoms with E-state index in [1.165, 1.54) is 49.5 Å². The molecule has 1 saturated heterocycles. The van der Waals surface area contributed by atoms with Gasteiger partial charge in [0.2, 0.25) is 0 Å². The molecular formula is C44H51NO18. The first-order valence-corrected chi connectivity index (χ1v) is 20.5. The number of aromatic nitrogens is 1. The molecule has 12 atom stereocenters. The number of carbonyl (C=O) groups excluding carboxylic acids is 8. The SMILES string of the molecule is CCC1CCC(=O)O[C@H]2[C@H](OC(C)=O)[C@H](OC(=O)c3ccccc3)[C@@]3(COC(C)=O)[C@H](OC(C)=O)[C@H](OC(C)=O)[C@@H]4C(OC(C)=O)[C@]3(O[C@@]4(C)COC(=O)c3cccnc31)[C@@]2(C)O. The Bertz CT molecular complexity index is 2160. The predicted molar refractivity (Wildman–Crippen MR) is 210 cm³/mol. The first-order valence-electron chi connectivity index (χ1n) is 20.5. The molecule has 1 N–H and O–H groups in total. The summed E-state index contributed by atoms with van der Waals surface area (Å²) in [6, 6.07) is 10.4. The van der Waals surface area contributed by atoms with E-state index in [4.69, 9.17) is 42.6 Å². The molecule has 4 bridgehead atoms. The summed E-state index contributed by atoms with van der Waals surface area (Å²) in [6.07, 6.45) is -10.6. The third kappa shape index (κ3) is 8.11. The van der Waals surface area contributed by atoms with Crippen molar-refractivity contribution in [1.82, 2.24) is 4.98 Å². The van der Waals surface area contributed by atoms with Gasteiger partial charge < -0.3 is 47.7 Å². The number of rotatable bonds is 9. The summed E-state index contributed by atoms with van der Waals surface area (Å²) >= 11 is 0. The molecule has 2 aliphatic carbocycles. The Balaban J connectivity index is 1.78. The van der Waals surface area contributed by atoms with Crippen molar-refractivity contribution in [2.24, 2.45) is 11.3 Å². The summed E-state index contributed by atoms with van der Waals surface area (Å²) in [5.74, 6) is -10.1. The maximum atomic E-state index is 14.4. The van der Waals surface area contributed by atoms with Gasteiger partial charge in [-0.05, 0) is 51.0 Å². The highest BCUT2D eigenvalue weighted by atomic mass is 16.7. The summed E-state index contributed by atoms with van der Waals surface area (Å²) < 4.78 is 55.5. The van der Waals surface area contributed by atoms with E-state index >= 15 is 0 Å². The summed E-state index contributed by atoms with van der Waals surface area (Å²) in [4.78, 5) is 114. The number of nitrogens with zero attached hydrogens (tertiary/aromatic N) is 1. The quantitative estimate of drug-likeness (QED) is 0.281. The van der Waals surface area contributed by atoms with Crippen LogP contribution in [0.3, 0.4) is 0 Å². The highest BCUT2D eigenvalue weighted by Gasteiger charge is 2.92. The van der Waals surface area contributed by atoms with Gasteiger partial charge in [0.25, 0.3) is 0 Å². The van der Waals surface area contributed by atoms with Crippen molar-refractivity contribution in [2.45, 2.75) is 134 Å². The third-order valence-electron chi connectivity index (χ3n) is 12.4. The molecule has 1 spiro atoms. The number of pyridine rings is 1. The first kappa shape index (κ1) is 46.6. The molecule has 1 aromatic carbocycles. The Morgan fingerprint density at radius 1 is 0.778 bits per heavy atom. The second-order valence-corrected chi connectivity index (χ2v) is 16.6. The Morgan fingerprint density at radius 2 is 1.38 bits per heavy atom. The Morgan fingerprint density at radius 3 is 1.98 bits per heavy atom. The highest BCUT2D eigenvalue weighted by Crippen LogP contribution is 2.70. The number of aliphatic hydroxyl groups is 1. The fourth-order valence-electron chi connectivity index (χ4n) is 10.1. The molecule has 19 heteroatoms. The van der Waals surface area contributed by atoms with Crippen LogP contribution in [0.1, 0.15) is 107 Å². The van der Waals surface area contributed by atoms with E-state index in [9.17, 15) is 43.5 Å². The van der Waals surface area contributed by atoms with Crippen molar-refractivity contribution in [3.63, 3.8) is 0 Å². The van der Waals surface area contributed by atoms with Gasteiger partial charge in [0, 0.05) is 53.2 Å². The number of ether oxygens (including phenoxy) is 9. The molecule has 6 rings (SSSR count). The van der Waals surface area contributed by atoms with Crippen LogP contribution >= 0.6 is 0 Å². The largest absolute Gasteiger partial charge is 0.465 e. The van der Waals surface area contributed by atoms with Gasteiger partial charge >= 0.3 is 47.8 Å². The van der Waals surface area contributed by atoms with Gasteiger partial charge in [-0.25, -0.2) is 9.59 Å². The summed E-state index contributed by atoms with van der Waals surface area (Å²) in [6.45, 7) is 7.52. The summed E-state index contributed by atoms with van der Waals surface area (Å²) in [5.41, 5.74) is -10.1. The lowest BCUT2D eigenvalue weighted by Gasteiger charge is -2.67. The Kier molecular flexibility index (Phi) is 13.1. The Labute approximate surface area is 362 Å². The van der Waals surface area contributed by atoms with Crippen LogP contribution in [0, 0.1) is 11.3 Å². The molecular weight excluding hydrogens is 830 g/mol. The van der Waals surface area contributed by atoms with Crippen LogP contribution in [0.25, 0.3) is 0 Å². The number of esters is 8. The smallest absolute Gasteiger partial charge is 0.340 e. The fraction of sp³-hybridized carbons (Fsp3) is 0.568. The zero-order valence-electron chi connectivity index (χ0n) is 36.1. The predicted octanol–water partition coefficient (Wildman–Crippen LogP) is 2.86. The van der Waals surface area contributed by atoms with Gasteiger partial charge in [-0.1, -0.05) is 25.1 Å². The van der Waals surface area contributed by atoms with Crippen molar-refractivity contribution in [1.29, 1.82) is 0 Å². The van der Waals surface area contributed by atoms with Gasteiger partial charge in [-0.15, -0.1) is 0 Å². The van der Waals surface area contributed by atoms with Gasteiger partial charge in [-0.3, -0.25) is 33.8 Å². The lowest BCUT2D eigenvalue weighted by atomic mass is 9.45. The minimum absolute atomic E-state index is 0.0407. The second-order valence-electron chi connectivity index (χ2n) is 16.6. The van der Waals surface area contributed by atoms with E-state index in [1.54, 1.807) is 6.07 Å². The normalized spacial score (nSPS) is 34.6. The van der Waals surface area contributed by atoms with Crippen molar-refractivity contribution in [3.8, 4) is 0 Å². The average molecular weight is 882 g/mol. The van der Waals surface area contributed by atoms with Gasteiger partial charge in [-0.2, -0.15) is 0 Å². The number of fused-ring (bicyclic) bond motifs is 5. The van der Waals surface area contributed by atoms with E-state index in [-0.39, 0.29) is 24.0 Å². The minimum Gasteiger partial charge on any atom is -0.465 e. The maximum absolute atomic E-state index is 14.4. The molecule has 63 heavy (non-hydrogen) atoms. The monoisotopic (exact) mass is 881 g/mol. The Hall–Kier alpha value is -5.95.